The second-order valence-electron chi connectivity index (χ2n) is 5.54. The zero-order valence-corrected chi connectivity index (χ0v) is 14.1. The van der Waals surface area contributed by atoms with Crippen molar-refractivity contribution in [2.45, 2.75) is 25.7 Å². The lowest BCUT2D eigenvalue weighted by molar-refractivity contribution is -0.128. The van der Waals surface area contributed by atoms with Crippen LogP contribution in [0.4, 0.5) is 14.5 Å². The maximum Gasteiger partial charge on any atom is 0.387 e. The maximum absolute atomic E-state index is 12.5. The minimum atomic E-state index is -3.01. The molecule has 1 heterocycles. The molecule has 0 bridgehead atoms. The summed E-state index contributed by atoms with van der Waals surface area (Å²) in [5.74, 6) is 0.492. The second-order valence-corrected chi connectivity index (χ2v) is 5.54. The van der Waals surface area contributed by atoms with Crippen LogP contribution in [-0.2, 0) is 4.79 Å². The summed E-state index contributed by atoms with van der Waals surface area (Å²) in [7, 11) is 1.33. The van der Waals surface area contributed by atoms with E-state index in [0.29, 0.717) is 11.5 Å². The fraction of sp³-hybridized carbons (Fsp3) is 0.278. The number of ether oxygens (including phenoxy) is 4. The molecule has 1 aliphatic rings. The van der Waals surface area contributed by atoms with E-state index in [2.05, 4.69) is 10.1 Å². The Balaban J connectivity index is 1.75. The number of rotatable bonds is 5. The van der Waals surface area contributed by atoms with E-state index in [-0.39, 0.29) is 17.2 Å². The average molecular weight is 365 g/mol. The Hall–Kier alpha value is -3.03. The Morgan fingerprint density at radius 2 is 1.81 bits per heavy atom. The van der Waals surface area contributed by atoms with Crippen LogP contribution in [-0.4, -0.2) is 31.8 Å². The van der Waals surface area contributed by atoms with E-state index >= 15 is 0 Å². The first-order chi connectivity index (χ1) is 12.5. The molecule has 2 unspecified atom stereocenters. The molecule has 0 radical (unpaired) electrons. The van der Waals surface area contributed by atoms with Gasteiger partial charge < -0.3 is 24.3 Å². The molecule has 0 spiro atoms. The highest BCUT2D eigenvalue weighted by Crippen LogP contribution is 2.35. The molecule has 0 aromatic heterocycles. The van der Waals surface area contributed by atoms with E-state index in [1.54, 1.807) is 31.2 Å². The smallest absolute Gasteiger partial charge is 0.387 e. The van der Waals surface area contributed by atoms with Crippen LogP contribution in [0.2, 0.25) is 0 Å². The van der Waals surface area contributed by atoms with Gasteiger partial charge in [0.05, 0.1) is 7.11 Å². The van der Waals surface area contributed by atoms with Crippen LogP contribution in [0.5, 0.6) is 23.0 Å². The van der Waals surface area contributed by atoms with E-state index in [0.717, 1.165) is 0 Å². The largest absolute Gasteiger partial charge is 0.493 e. The molecule has 1 amide bonds. The van der Waals surface area contributed by atoms with Crippen LogP contribution in [0.25, 0.3) is 0 Å². The van der Waals surface area contributed by atoms with Crippen molar-refractivity contribution in [1.82, 2.24) is 0 Å². The minimum absolute atomic E-state index is 0.128. The first-order valence-corrected chi connectivity index (χ1v) is 7.84. The van der Waals surface area contributed by atoms with Gasteiger partial charge in [-0.15, -0.1) is 0 Å². The van der Waals surface area contributed by atoms with E-state index < -0.39 is 24.7 Å². The molecule has 3 rings (SSSR count). The molecule has 1 N–H and O–H groups in total. The van der Waals surface area contributed by atoms with Gasteiger partial charge in [0.25, 0.3) is 5.91 Å². The van der Waals surface area contributed by atoms with E-state index in [1.807, 2.05) is 0 Å². The highest BCUT2D eigenvalue weighted by Gasteiger charge is 2.34. The number of methoxy groups -OCH3 is 1. The predicted octanol–water partition coefficient (Wildman–Crippen LogP) is 3.46. The Morgan fingerprint density at radius 3 is 2.46 bits per heavy atom. The molecule has 0 fully saturated rings. The molecule has 6 nitrogen and oxygen atoms in total. The number of hydrogen-bond acceptors (Lipinski definition) is 5. The van der Waals surface area contributed by atoms with Crippen LogP contribution < -0.4 is 24.3 Å². The monoisotopic (exact) mass is 365 g/mol. The minimum Gasteiger partial charge on any atom is -0.493 e. The predicted molar refractivity (Wildman–Crippen MR) is 89.2 cm³/mol. The summed E-state index contributed by atoms with van der Waals surface area (Å²) in [6.45, 7) is -1.30. The third-order valence-corrected chi connectivity index (χ3v) is 3.75. The number of carbonyl (C=O) groups excluding carboxylic acids is 1. The van der Waals surface area contributed by atoms with Gasteiger partial charge in [0.15, 0.2) is 23.0 Å². The number of hydrogen-bond donors (Lipinski definition) is 1. The molecule has 2 aromatic rings. The standard InChI is InChI=1S/C18H17F2NO5/c1-10-16(25-14-6-4-3-5-13(14)24-10)17(22)21-11-7-8-12(23-2)15(9-11)26-18(19)20/h3-10,16,18H,1-2H3,(H,21,22). The number of alkyl halides is 2. The summed E-state index contributed by atoms with van der Waals surface area (Å²) in [4.78, 5) is 12.5. The zero-order chi connectivity index (χ0) is 18.7. The Bertz CT molecular complexity index is 799. The van der Waals surface area contributed by atoms with Crippen molar-refractivity contribution in [2.75, 3.05) is 12.4 Å². The highest BCUT2D eigenvalue weighted by molar-refractivity contribution is 5.95. The summed E-state index contributed by atoms with van der Waals surface area (Å²) >= 11 is 0. The van der Waals surface area contributed by atoms with Gasteiger partial charge in [-0.1, -0.05) is 12.1 Å². The van der Waals surface area contributed by atoms with Crippen molar-refractivity contribution in [3.8, 4) is 23.0 Å². The topological polar surface area (TPSA) is 66.0 Å². The third-order valence-electron chi connectivity index (χ3n) is 3.75. The Morgan fingerprint density at radius 1 is 1.12 bits per heavy atom. The number of benzene rings is 2. The molecule has 8 heteroatoms. The summed E-state index contributed by atoms with van der Waals surface area (Å²) in [6.07, 6.45) is -1.42. The Labute approximate surface area is 148 Å². The zero-order valence-electron chi connectivity index (χ0n) is 14.1. The molecule has 0 aliphatic carbocycles. The van der Waals surface area contributed by atoms with Gasteiger partial charge in [-0.2, -0.15) is 8.78 Å². The van der Waals surface area contributed by atoms with Crippen molar-refractivity contribution in [3.63, 3.8) is 0 Å². The van der Waals surface area contributed by atoms with Crippen molar-refractivity contribution in [3.05, 3.63) is 42.5 Å². The van der Waals surface area contributed by atoms with Gasteiger partial charge in [-0.3, -0.25) is 4.79 Å². The van der Waals surface area contributed by atoms with Gasteiger partial charge in [0, 0.05) is 11.8 Å². The first kappa shape index (κ1) is 17.8. The summed E-state index contributed by atoms with van der Waals surface area (Å²) < 4.78 is 45.8. The molecule has 0 saturated heterocycles. The number of halogens is 2. The molecular formula is C18H17F2NO5. The molecule has 1 aliphatic heterocycles. The molecule has 26 heavy (non-hydrogen) atoms. The molecular weight excluding hydrogens is 348 g/mol. The van der Waals surface area contributed by atoms with Crippen molar-refractivity contribution in [2.24, 2.45) is 0 Å². The quantitative estimate of drug-likeness (QED) is 0.879. The lowest BCUT2D eigenvalue weighted by atomic mass is 10.1. The highest BCUT2D eigenvalue weighted by atomic mass is 19.3. The normalized spacial score (nSPS) is 18.3. The van der Waals surface area contributed by atoms with Crippen molar-refractivity contribution in [1.29, 1.82) is 0 Å². The number of anilines is 1. The van der Waals surface area contributed by atoms with Gasteiger partial charge in [-0.25, -0.2) is 0 Å². The van der Waals surface area contributed by atoms with Gasteiger partial charge in [0.2, 0.25) is 6.10 Å². The average Bonchev–Trinajstić information content (AvgIpc) is 2.60. The SMILES string of the molecule is COc1ccc(NC(=O)C2Oc3ccccc3OC2C)cc1OC(F)F. The van der Waals surface area contributed by atoms with E-state index in [4.69, 9.17) is 14.2 Å². The van der Waals surface area contributed by atoms with Crippen LogP contribution >= 0.6 is 0 Å². The number of para-hydroxylation sites is 2. The van der Waals surface area contributed by atoms with E-state index in [1.165, 1.54) is 25.3 Å². The third kappa shape index (κ3) is 3.79. The number of fused-ring (bicyclic) bond motifs is 1. The van der Waals surface area contributed by atoms with Gasteiger partial charge >= 0.3 is 6.61 Å². The maximum atomic E-state index is 12.5. The summed E-state index contributed by atoms with van der Waals surface area (Å²) in [6, 6.07) is 11.2. The summed E-state index contributed by atoms with van der Waals surface area (Å²) in [5.41, 5.74) is 0.265. The van der Waals surface area contributed by atoms with Crippen LogP contribution in [0.1, 0.15) is 6.92 Å². The fourth-order valence-corrected chi connectivity index (χ4v) is 2.56. The van der Waals surface area contributed by atoms with Gasteiger partial charge in [-0.05, 0) is 31.2 Å². The molecule has 0 saturated carbocycles. The van der Waals surface area contributed by atoms with Crippen LogP contribution in [0.3, 0.4) is 0 Å². The van der Waals surface area contributed by atoms with Crippen LogP contribution in [0.15, 0.2) is 42.5 Å². The van der Waals surface area contributed by atoms with E-state index in [9.17, 15) is 13.6 Å². The first-order valence-electron chi connectivity index (χ1n) is 7.84. The molecule has 2 atom stereocenters. The number of carbonyl (C=O) groups is 1. The summed E-state index contributed by atoms with van der Waals surface area (Å²) in [5, 5.41) is 2.61. The Kier molecular flexibility index (Phi) is 5.11. The second kappa shape index (κ2) is 7.47. The lowest BCUT2D eigenvalue weighted by Crippen LogP contribution is -2.46. The van der Waals surface area contributed by atoms with Crippen LogP contribution in [0, 0.1) is 0 Å². The molecule has 138 valence electrons. The lowest BCUT2D eigenvalue weighted by Gasteiger charge is -2.31. The van der Waals surface area contributed by atoms with Crippen molar-refractivity contribution < 1.29 is 32.5 Å². The number of amides is 1. The van der Waals surface area contributed by atoms with Gasteiger partial charge in [0.1, 0.15) is 6.10 Å². The number of nitrogens with one attached hydrogen (secondary N) is 1. The molecule has 2 aromatic carbocycles. The fourth-order valence-electron chi connectivity index (χ4n) is 2.56. The van der Waals surface area contributed by atoms with Crippen molar-refractivity contribution >= 4 is 11.6 Å².